The second-order valence-electron chi connectivity index (χ2n) is 7.08. The Hall–Kier alpha value is -1.22. The molecule has 140 valence electrons. The Morgan fingerprint density at radius 2 is 1.92 bits per heavy atom. The van der Waals surface area contributed by atoms with Gasteiger partial charge in [0.25, 0.3) is 0 Å². The topological polar surface area (TPSA) is 74.8 Å². The van der Waals surface area contributed by atoms with Gasteiger partial charge < -0.3 is 15.0 Å². The lowest BCUT2D eigenvalue weighted by atomic mass is 9.88. The molecule has 2 aliphatic heterocycles. The smallest absolute Gasteiger partial charge is 0.244 e. The number of nitrogens with one attached hydrogen (secondary N) is 1. The van der Waals surface area contributed by atoms with Crippen LogP contribution in [0, 0.1) is 0 Å². The summed E-state index contributed by atoms with van der Waals surface area (Å²) in [6.07, 6.45) is 5.26. The first-order valence-electron chi connectivity index (χ1n) is 8.89. The van der Waals surface area contributed by atoms with Gasteiger partial charge >= 0.3 is 0 Å². The lowest BCUT2D eigenvalue weighted by Gasteiger charge is -2.43. The van der Waals surface area contributed by atoms with E-state index in [0.717, 1.165) is 45.4 Å². The van der Waals surface area contributed by atoms with Crippen molar-refractivity contribution in [2.45, 2.75) is 36.1 Å². The maximum Gasteiger partial charge on any atom is 0.244 e. The third kappa shape index (κ3) is 3.97. The van der Waals surface area contributed by atoms with E-state index in [2.05, 4.69) is 29.3 Å². The van der Waals surface area contributed by atoms with Gasteiger partial charge in [0.05, 0.1) is 0 Å². The van der Waals surface area contributed by atoms with Crippen LogP contribution in [0.15, 0.2) is 23.2 Å². The molecule has 7 nitrogen and oxygen atoms in total. The molecule has 3 heterocycles. The maximum absolute atomic E-state index is 12.5. The molecule has 2 fully saturated rings. The van der Waals surface area contributed by atoms with Crippen LogP contribution >= 0.6 is 0 Å². The number of ether oxygens (including phenoxy) is 1. The van der Waals surface area contributed by atoms with Crippen LogP contribution in [0.4, 0.5) is 5.82 Å². The van der Waals surface area contributed by atoms with Gasteiger partial charge in [0, 0.05) is 44.6 Å². The molecule has 0 aliphatic carbocycles. The molecule has 25 heavy (non-hydrogen) atoms. The summed E-state index contributed by atoms with van der Waals surface area (Å²) in [7, 11) is 0.781. The lowest BCUT2D eigenvalue weighted by Crippen LogP contribution is -2.53. The molecule has 0 unspecified atom stereocenters. The van der Waals surface area contributed by atoms with Crippen molar-refractivity contribution in [3.8, 4) is 0 Å². The number of hydrogen-bond donors (Lipinski definition) is 1. The SMILES string of the molecule is CN(C)C1(CNc2ccc(S(=O)(=O)N3CCCC3)cn2)CCOCC1. The van der Waals surface area contributed by atoms with Gasteiger partial charge in [0.1, 0.15) is 10.7 Å². The van der Waals surface area contributed by atoms with E-state index in [9.17, 15) is 8.42 Å². The van der Waals surface area contributed by atoms with Crippen LogP contribution in [0.1, 0.15) is 25.7 Å². The van der Waals surface area contributed by atoms with Gasteiger partial charge in [-0.25, -0.2) is 13.4 Å². The van der Waals surface area contributed by atoms with E-state index in [4.69, 9.17) is 4.74 Å². The fourth-order valence-corrected chi connectivity index (χ4v) is 4.97. The molecule has 0 radical (unpaired) electrons. The highest BCUT2D eigenvalue weighted by atomic mass is 32.2. The van der Waals surface area contributed by atoms with Crippen LogP contribution < -0.4 is 5.32 Å². The number of nitrogens with zero attached hydrogens (tertiary/aromatic N) is 3. The molecule has 0 spiro atoms. The van der Waals surface area contributed by atoms with Crippen molar-refractivity contribution < 1.29 is 13.2 Å². The van der Waals surface area contributed by atoms with Crippen LogP contribution in [0.5, 0.6) is 0 Å². The zero-order chi connectivity index (χ0) is 17.9. The van der Waals surface area contributed by atoms with Gasteiger partial charge in [0.15, 0.2) is 0 Å². The quantitative estimate of drug-likeness (QED) is 0.818. The molecule has 1 aromatic rings. The monoisotopic (exact) mass is 368 g/mol. The molecular formula is C17H28N4O3S. The van der Waals surface area contributed by atoms with E-state index in [0.29, 0.717) is 18.9 Å². The predicted molar refractivity (Wildman–Crippen MR) is 97.2 cm³/mol. The molecule has 1 N–H and O–H groups in total. The van der Waals surface area contributed by atoms with Crippen molar-refractivity contribution in [2.24, 2.45) is 0 Å². The molecule has 0 saturated carbocycles. The fourth-order valence-electron chi connectivity index (χ4n) is 3.50. The molecular weight excluding hydrogens is 340 g/mol. The predicted octanol–water partition coefficient (Wildman–Crippen LogP) is 1.39. The van der Waals surface area contributed by atoms with Gasteiger partial charge in [-0.3, -0.25) is 0 Å². The molecule has 0 amide bonds. The zero-order valence-electron chi connectivity index (χ0n) is 15.1. The first kappa shape index (κ1) is 18.6. The Balaban J connectivity index is 1.66. The van der Waals surface area contributed by atoms with E-state index in [1.54, 1.807) is 16.4 Å². The number of sulfonamides is 1. The largest absolute Gasteiger partial charge is 0.381 e. The van der Waals surface area contributed by atoms with Crippen LogP contribution in [0.25, 0.3) is 0 Å². The lowest BCUT2D eigenvalue weighted by molar-refractivity contribution is -0.000665. The first-order chi connectivity index (χ1) is 11.9. The van der Waals surface area contributed by atoms with Gasteiger partial charge in [0.2, 0.25) is 10.0 Å². The fraction of sp³-hybridized carbons (Fsp3) is 0.706. The van der Waals surface area contributed by atoms with Gasteiger partial charge in [-0.1, -0.05) is 0 Å². The molecule has 0 aromatic carbocycles. The normalized spacial score (nSPS) is 21.6. The molecule has 3 rings (SSSR count). The van der Waals surface area contributed by atoms with Crippen molar-refractivity contribution in [3.63, 3.8) is 0 Å². The Morgan fingerprint density at radius 1 is 1.24 bits per heavy atom. The minimum atomic E-state index is -3.40. The molecule has 0 bridgehead atoms. The second kappa shape index (κ2) is 7.57. The average molecular weight is 369 g/mol. The van der Waals surface area contributed by atoms with Gasteiger partial charge in [-0.15, -0.1) is 0 Å². The highest BCUT2D eigenvalue weighted by molar-refractivity contribution is 7.89. The molecule has 0 atom stereocenters. The first-order valence-corrected chi connectivity index (χ1v) is 10.3. The van der Waals surface area contributed by atoms with Crippen LogP contribution in [0.2, 0.25) is 0 Å². The van der Waals surface area contributed by atoms with Crippen LogP contribution in [-0.4, -0.2) is 75.1 Å². The minimum Gasteiger partial charge on any atom is -0.381 e. The third-order valence-electron chi connectivity index (χ3n) is 5.41. The van der Waals surface area contributed by atoms with Crippen molar-refractivity contribution in [1.29, 1.82) is 0 Å². The van der Waals surface area contributed by atoms with Gasteiger partial charge in [-0.05, 0) is 51.9 Å². The summed E-state index contributed by atoms with van der Waals surface area (Å²) < 4.78 is 32.1. The molecule has 2 aliphatic rings. The number of pyridine rings is 1. The standard InChI is InChI=1S/C17H28N4O3S/c1-20(2)17(7-11-24-12-8-17)14-19-16-6-5-15(13-18-16)25(22,23)21-9-3-4-10-21/h5-6,13H,3-4,7-12,14H2,1-2H3,(H,18,19). The summed E-state index contributed by atoms with van der Waals surface area (Å²) in [5, 5.41) is 3.37. The molecule has 8 heteroatoms. The van der Waals surface area contributed by atoms with E-state index >= 15 is 0 Å². The number of hydrogen-bond acceptors (Lipinski definition) is 6. The van der Waals surface area contributed by atoms with E-state index in [1.807, 2.05) is 0 Å². The zero-order valence-corrected chi connectivity index (χ0v) is 15.9. The molecule has 2 saturated heterocycles. The van der Waals surface area contributed by atoms with Crippen LogP contribution in [-0.2, 0) is 14.8 Å². The summed E-state index contributed by atoms with van der Waals surface area (Å²) in [6, 6.07) is 3.40. The second-order valence-corrected chi connectivity index (χ2v) is 9.01. The third-order valence-corrected chi connectivity index (χ3v) is 7.29. The maximum atomic E-state index is 12.5. The Labute approximate surface area is 150 Å². The number of likely N-dealkylation sites (N-methyl/N-ethyl adjacent to an activating group) is 1. The van der Waals surface area contributed by atoms with E-state index < -0.39 is 10.0 Å². The van der Waals surface area contributed by atoms with E-state index in [-0.39, 0.29) is 10.4 Å². The van der Waals surface area contributed by atoms with Crippen molar-refractivity contribution in [3.05, 3.63) is 18.3 Å². The number of aromatic nitrogens is 1. The average Bonchev–Trinajstić information content (AvgIpc) is 3.16. The van der Waals surface area contributed by atoms with E-state index in [1.165, 1.54) is 6.20 Å². The summed E-state index contributed by atoms with van der Waals surface area (Å²) >= 11 is 0. The number of rotatable bonds is 6. The van der Waals surface area contributed by atoms with Gasteiger partial charge in [-0.2, -0.15) is 4.31 Å². The summed E-state index contributed by atoms with van der Waals surface area (Å²) in [5.74, 6) is 0.702. The Morgan fingerprint density at radius 3 is 2.48 bits per heavy atom. The highest BCUT2D eigenvalue weighted by Gasteiger charge is 2.34. The minimum absolute atomic E-state index is 0.0419. The van der Waals surface area contributed by atoms with Crippen molar-refractivity contribution in [2.75, 3.05) is 52.3 Å². The highest BCUT2D eigenvalue weighted by Crippen LogP contribution is 2.26. The summed E-state index contributed by atoms with van der Waals surface area (Å²) in [5.41, 5.74) is 0.0419. The summed E-state index contributed by atoms with van der Waals surface area (Å²) in [4.78, 5) is 6.84. The molecule has 1 aromatic heterocycles. The summed E-state index contributed by atoms with van der Waals surface area (Å²) in [6.45, 7) is 3.50. The van der Waals surface area contributed by atoms with Crippen molar-refractivity contribution in [1.82, 2.24) is 14.2 Å². The Kier molecular flexibility index (Phi) is 5.62. The van der Waals surface area contributed by atoms with Crippen molar-refractivity contribution >= 4 is 15.8 Å². The Bertz CT molecular complexity index is 664. The number of anilines is 1. The van der Waals surface area contributed by atoms with Crippen LogP contribution in [0.3, 0.4) is 0 Å².